The summed E-state index contributed by atoms with van der Waals surface area (Å²) in [7, 11) is 0. The van der Waals surface area contributed by atoms with Crippen molar-refractivity contribution in [3.63, 3.8) is 0 Å². The molecule has 1 heterocycles. The van der Waals surface area contributed by atoms with Gasteiger partial charge in [-0.25, -0.2) is 0 Å². The van der Waals surface area contributed by atoms with Gasteiger partial charge >= 0.3 is 0 Å². The van der Waals surface area contributed by atoms with Gasteiger partial charge < -0.3 is 4.90 Å². The highest BCUT2D eigenvalue weighted by atomic mass is 16.2. The van der Waals surface area contributed by atoms with E-state index in [0.29, 0.717) is 5.56 Å². The van der Waals surface area contributed by atoms with Gasteiger partial charge in [-0.1, -0.05) is 29.8 Å². The van der Waals surface area contributed by atoms with Crippen LogP contribution in [0.4, 0.5) is 11.4 Å². The topological polar surface area (TPSA) is 40.6 Å². The van der Waals surface area contributed by atoms with E-state index in [9.17, 15) is 9.59 Å². The van der Waals surface area contributed by atoms with Gasteiger partial charge in [-0.2, -0.15) is 0 Å². The zero-order valence-corrected chi connectivity index (χ0v) is 13.6. The van der Waals surface area contributed by atoms with Crippen molar-refractivity contribution in [2.45, 2.75) is 26.8 Å². The summed E-state index contributed by atoms with van der Waals surface area (Å²) in [4.78, 5) is 28.7. The third kappa shape index (κ3) is 2.72. The molecule has 3 rings (SSSR count). The number of hydrogen-bond acceptors (Lipinski definition) is 2. The van der Waals surface area contributed by atoms with Crippen LogP contribution in [0.15, 0.2) is 48.5 Å². The van der Waals surface area contributed by atoms with Crippen LogP contribution >= 0.6 is 0 Å². The highest BCUT2D eigenvalue weighted by molar-refractivity contribution is 6.16. The normalized spacial score (nSPS) is 14.2. The van der Waals surface area contributed by atoms with Gasteiger partial charge in [0, 0.05) is 11.6 Å². The minimum atomic E-state index is -0.144. The van der Waals surface area contributed by atoms with Gasteiger partial charge in [-0.05, 0) is 45.0 Å². The fraction of sp³-hybridized carbons (Fsp3) is 0.263. The summed E-state index contributed by atoms with van der Waals surface area (Å²) in [6.07, 6.45) is 0. The van der Waals surface area contributed by atoms with E-state index in [1.54, 1.807) is 21.9 Å². The number of amides is 2. The first-order valence-corrected chi connectivity index (χ1v) is 7.78. The fourth-order valence-electron chi connectivity index (χ4n) is 2.93. The predicted octanol–water partition coefficient (Wildman–Crippen LogP) is 3.40. The van der Waals surface area contributed by atoms with Crippen LogP contribution in [0, 0.1) is 6.92 Å². The van der Waals surface area contributed by atoms with E-state index in [2.05, 4.69) is 0 Å². The Balaban J connectivity index is 2.03. The lowest BCUT2D eigenvalue weighted by atomic mass is 10.1. The number of hydrogen-bond donors (Lipinski definition) is 0. The van der Waals surface area contributed by atoms with Crippen LogP contribution in [0.5, 0.6) is 0 Å². The lowest BCUT2D eigenvalue weighted by Crippen LogP contribution is -2.50. The Bertz CT molecular complexity index is 750. The third-order valence-electron chi connectivity index (χ3n) is 4.05. The highest BCUT2D eigenvalue weighted by Crippen LogP contribution is 2.35. The molecule has 0 saturated carbocycles. The minimum absolute atomic E-state index is 0.0558. The zero-order valence-electron chi connectivity index (χ0n) is 13.6. The number of benzene rings is 2. The first-order valence-electron chi connectivity index (χ1n) is 7.78. The van der Waals surface area contributed by atoms with Crippen molar-refractivity contribution in [2.75, 3.05) is 16.3 Å². The number of carbonyl (C=O) groups excluding carboxylic acids is 2. The Hall–Kier alpha value is -2.62. The molecule has 0 aromatic heterocycles. The van der Waals surface area contributed by atoms with Crippen LogP contribution < -0.4 is 9.80 Å². The summed E-state index contributed by atoms with van der Waals surface area (Å²) in [6, 6.07) is 15.0. The highest BCUT2D eigenvalue weighted by Gasteiger charge is 2.33. The molecule has 0 bridgehead atoms. The summed E-state index contributed by atoms with van der Waals surface area (Å²) in [5.74, 6) is -0.201. The Morgan fingerprint density at radius 1 is 1.00 bits per heavy atom. The average Bonchev–Trinajstić information content (AvgIpc) is 2.53. The summed E-state index contributed by atoms with van der Waals surface area (Å²) >= 11 is 0. The lowest BCUT2D eigenvalue weighted by molar-refractivity contribution is -0.117. The molecule has 2 amide bonds. The molecule has 0 saturated heterocycles. The van der Waals surface area contributed by atoms with E-state index >= 15 is 0 Å². The van der Waals surface area contributed by atoms with Crippen LogP contribution in [-0.4, -0.2) is 24.4 Å². The minimum Gasteiger partial charge on any atom is -0.306 e. The molecule has 2 aromatic rings. The van der Waals surface area contributed by atoms with Crippen molar-refractivity contribution in [1.29, 1.82) is 0 Å². The van der Waals surface area contributed by atoms with Crippen molar-refractivity contribution in [2.24, 2.45) is 0 Å². The molecule has 23 heavy (non-hydrogen) atoms. The number of nitrogens with zero attached hydrogens (tertiary/aromatic N) is 2. The van der Waals surface area contributed by atoms with Crippen LogP contribution in [-0.2, 0) is 4.79 Å². The van der Waals surface area contributed by atoms with Crippen LogP contribution in [0.3, 0.4) is 0 Å². The van der Waals surface area contributed by atoms with E-state index in [0.717, 1.165) is 16.9 Å². The summed E-state index contributed by atoms with van der Waals surface area (Å²) in [5, 5.41) is 0. The second kappa shape index (κ2) is 5.88. The average molecular weight is 308 g/mol. The third-order valence-corrected chi connectivity index (χ3v) is 4.05. The van der Waals surface area contributed by atoms with Gasteiger partial charge in [0.15, 0.2) is 0 Å². The maximum atomic E-state index is 12.9. The van der Waals surface area contributed by atoms with Crippen molar-refractivity contribution in [3.05, 3.63) is 59.7 Å². The van der Waals surface area contributed by atoms with Gasteiger partial charge in [0.05, 0.1) is 11.4 Å². The van der Waals surface area contributed by atoms with Crippen molar-refractivity contribution in [3.8, 4) is 0 Å². The Morgan fingerprint density at radius 2 is 1.61 bits per heavy atom. The first-order chi connectivity index (χ1) is 11.0. The number of rotatable bonds is 2. The molecule has 0 N–H and O–H groups in total. The van der Waals surface area contributed by atoms with Crippen molar-refractivity contribution in [1.82, 2.24) is 0 Å². The van der Waals surface area contributed by atoms with Gasteiger partial charge in [0.25, 0.3) is 5.91 Å². The SMILES string of the molecule is Cc1ccc(C(=O)N2CC(=O)N(C(C)C)c3ccccc32)cc1. The van der Waals surface area contributed by atoms with E-state index in [1.807, 2.05) is 57.2 Å². The number of aryl methyl sites for hydroxylation is 1. The standard InChI is InChI=1S/C19H20N2O2/c1-13(2)21-17-7-5-4-6-16(17)20(12-18(21)22)19(23)15-10-8-14(3)9-11-15/h4-11,13H,12H2,1-3H3. The maximum Gasteiger partial charge on any atom is 0.258 e. The second-order valence-electron chi connectivity index (χ2n) is 6.10. The molecular weight excluding hydrogens is 288 g/mol. The molecule has 118 valence electrons. The van der Waals surface area contributed by atoms with Crippen molar-refractivity contribution < 1.29 is 9.59 Å². The van der Waals surface area contributed by atoms with E-state index in [1.165, 1.54) is 0 Å². The molecule has 4 nitrogen and oxygen atoms in total. The maximum absolute atomic E-state index is 12.9. The van der Waals surface area contributed by atoms with E-state index in [-0.39, 0.29) is 24.4 Å². The molecule has 0 fully saturated rings. The van der Waals surface area contributed by atoms with Gasteiger partial charge in [0.2, 0.25) is 5.91 Å². The van der Waals surface area contributed by atoms with Crippen molar-refractivity contribution >= 4 is 23.2 Å². The van der Waals surface area contributed by atoms with Crippen LogP contribution in [0.1, 0.15) is 29.8 Å². The van der Waals surface area contributed by atoms with E-state index in [4.69, 9.17) is 0 Å². The molecule has 0 spiro atoms. The first kappa shape index (κ1) is 15.3. The number of para-hydroxylation sites is 2. The smallest absolute Gasteiger partial charge is 0.258 e. The molecule has 0 unspecified atom stereocenters. The van der Waals surface area contributed by atoms with Crippen LogP contribution in [0.25, 0.3) is 0 Å². The molecule has 0 atom stereocenters. The van der Waals surface area contributed by atoms with Crippen LogP contribution in [0.2, 0.25) is 0 Å². The van der Waals surface area contributed by atoms with Gasteiger partial charge in [-0.15, -0.1) is 0 Å². The van der Waals surface area contributed by atoms with Gasteiger partial charge in [-0.3, -0.25) is 14.5 Å². The number of fused-ring (bicyclic) bond motifs is 1. The Labute approximate surface area is 136 Å². The monoisotopic (exact) mass is 308 g/mol. The van der Waals surface area contributed by atoms with E-state index < -0.39 is 0 Å². The fourth-order valence-corrected chi connectivity index (χ4v) is 2.93. The Morgan fingerprint density at radius 3 is 2.22 bits per heavy atom. The second-order valence-corrected chi connectivity index (χ2v) is 6.10. The molecule has 2 aromatic carbocycles. The molecule has 1 aliphatic heterocycles. The number of anilines is 2. The molecule has 0 aliphatic carbocycles. The largest absolute Gasteiger partial charge is 0.306 e. The molecular formula is C19H20N2O2. The Kier molecular flexibility index (Phi) is 3.90. The number of carbonyl (C=O) groups is 2. The summed E-state index contributed by atoms with van der Waals surface area (Å²) < 4.78 is 0. The zero-order chi connectivity index (χ0) is 16.6. The molecule has 1 aliphatic rings. The van der Waals surface area contributed by atoms with Gasteiger partial charge in [0.1, 0.15) is 6.54 Å². The summed E-state index contributed by atoms with van der Waals surface area (Å²) in [6.45, 7) is 6.01. The molecule has 0 radical (unpaired) electrons. The lowest BCUT2D eigenvalue weighted by Gasteiger charge is -2.38. The quantitative estimate of drug-likeness (QED) is 0.853. The summed E-state index contributed by atoms with van der Waals surface area (Å²) in [5.41, 5.74) is 3.27. The molecule has 4 heteroatoms. The predicted molar refractivity (Wildman–Crippen MR) is 91.9 cm³/mol.